The molecule has 1 heterocycles. The molecule has 4 amide bonds. The van der Waals surface area contributed by atoms with E-state index in [0.29, 0.717) is 11.3 Å². The Hall–Kier alpha value is -3.28. The van der Waals surface area contributed by atoms with Gasteiger partial charge >= 0.3 is 6.03 Å². The first-order chi connectivity index (χ1) is 11.5. The zero-order valence-electron chi connectivity index (χ0n) is 12.7. The third-order valence-electron chi connectivity index (χ3n) is 3.54. The van der Waals surface area contributed by atoms with Gasteiger partial charge in [0, 0.05) is 0 Å². The van der Waals surface area contributed by atoms with Gasteiger partial charge in [0.15, 0.2) is 0 Å². The molecule has 2 aromatic carbocycles. The van der Waals surface area contributed by atoms with E-state index in [0.717, 1.165) is 10.5 Å². The SMILES string of the molecule is Cc1cccc(N2C(=O)NC(=O)C(=Cc3ccc(F)cc3)C2=O)c1. The predicted octanol–water partition coefficient (Wildman–Crippen LogP) is 2.80. The number of amides is 4. The summed E-state index contributed by atoms with van der Waals surface area (Å²) in [5.41, 5.74) is 1.53. The zero-order chi connectivity index (χ0) is 17.3. The molecule has 5 nitrogen and oxygen atoms in total. The molecule has 0 radical (unpaired) electrons. The highest BCUT2D eigenvalue weighted by molar-refractivity contribution is 6.39. The Morgan fingerprint density at radius 3 is 2.42 bits per heavy atom. The summed E-state index contributed by atoms with van der Waals surface area (Å²) in [6.45, 7) is 1.83. The monoisotopic (exact) mass is 324 g/mol. The lowest BCUT2D eigenvalue weighted by molar-refractivity contribution is -0.122. The van der Waals surface area contributed by atoms with Crippen molar-refractivity contribution in [1.82, 2.24) is 5.32 Å². The molecule has 1 aliphatic rings. The van der Waals surface area contributed by atoms with Gasteiger partial charge in [0.2, 0.25) is 0 Å². The Bertz CT molecular complexity index is 872. The normalized spacial score (nSPS) is 16.5. The van der Waals surface area contributed by atoms with Crippen LogP contribution in [0.1, 0.15) is 11.1 Å². The quantitative estimate of drug-likeness (QED) is 0.682. The van der Waals surface area contributed by atoms with Crippen molar-refractivity contribution in [3.63, 3.8) is 0 Å². The number of carbonyl (C=O) groups excluding carboxylic acids is 3. The van der Waals surface area contributed by atoms with E-state index < -0.39 is 23.7 Å². The van der Waals surface area contributed by atoms with E-state index in [4.69, 9.17) is 0 Å². The van der Waals surface area contributed by atoms with E-state index in [-0.39, 0.29) is 5.57 Å². The van der Waals surface area contributed by atoms with Gasteiger partial charge in [-0.3, -0.25) is 14.9 Å². The molecule has 1 fully saturated rings. The number of rotatable bonds is 2. The van der Waals surface area contributed by atoms with Crippen LogP contribution in [0.15, 0.2) is 54.1 Å². The van der Waals surface area contributed by atoms with E-state index in [1.54, 1.807) is 18.2 Å². The number of benzene rings is 2. The lowest BCUT2D eigenvalue weighted by Crippen LogP contribution is -2.54. The van der Waals surface area contributed by atoms with Gasteiger partial charge in [0.25, 0.3) is 11.8 Å². The van der Waals surface area contributed by atoms with Gasteiger partial charge in [-0.15, -0.1) is 0 Å². The fraction of sp³-hybridized carbons (Fsp3) is 0.0556. The number of urea groups is 1. The van der Waals surface area contributed by atoms with Crippen molar-refractivity contribution < 1.29 is 18.8 Å². The molecule has 120 valence electrons. The lowest BCUT2D eigenvalue weighted by atomic mass is 10.1. The molecule has 1 N–H and O–H groups in total. The van der Waals surface area contributed by atoms with Crippen LogP contribution in [0.4, 0.5) is 14.9 Å². The molecule has 1 saturated heterocycles. The van der Waals surface area contributed by atoms with E-state index in [2.05, 4.69) is 5.32 Å². The second-order valence-corrected chi connectivity index (χ2v) is 5.35. The molecule has 3 rings (SSSR count). The van der Waals surface area contributed by atoms with Crippen molar-refractivity contribution >= 4 is 29.6 Å². The minimum atomic E-state index is -0.799. The zero-order valence-corrected chi connectivity index (χ0v) is 12.7. The van der Waals surface area contributed by atoms with E-state index in [1.807, 2.05) is 13.0 Å². The smallest absolute Gasteiger partial charge is 0.273 e. The van der Waals surface area contributed by atoms with E-state index >= 15 is 0 Å². The maximum Gasteiger partial charge on any atom is 0.335 e. The molecule has 0 aliphatic carbocycles. The fourth-order valence-corrected chi connectivity index (χ4v) is 2.38. The molecule has 0 bridgehead atoms. The molecule has 0 atom stereocenters. The first-order valence-electron chi connectivity index (χ1n) is 7.19. The van der Waals surface area contributed by atoms with Crippen molar-refractivity contribution in [2.45, 2.75) is 6.92 Å². The van der Waals surface area contributed by atoms with Crippen LogP contribution in [0.5, 0.6) is 0 Å². The molecule has 2 aromatic rings. The van der Waals surface area contributed by atoms with Crippen molar-refractivity contribution in [2.24, 2.45) is 0 Å². The van der Waals surface area contributed by atoms with Crippen molar-refractivity contribution in [2.75, 3.05) is 4.90 Å². The molecular formula is C18H13FN2O3. The van der Waals surface area contributed by atoms with E-state index in [1.165, 1.54) is 30.3 Å². The number of anilines is 1. The number of carbonyl (C=O) groups is 3. The molecule has 0 aromatic heterocycles. The Morgan fingerprint density at radius 2 is 1.75 bits per heavy atom. The second kappa shape index (κ2) is 6.08. The highest BCUT2D eigenvalue weighted by Crippen LogP contribution is 2.22. The number of hydrogen-bond donors (Lipinski definition) is 1. The molecule has 0 unspecified atom stereocenters. The predicted molar refractivity (Wildman–Crippen MR) is 86.6 cm³/mol. The van der Waals surface area contributed by atoms with Crippen LogP contribution >= 0.6 is 0 Å². The van der Waals surface area contributed by atoms with Gasteiger partial charge in [-0.1, -0.05) is 24.3 Å². The van der Waals surface area contributed by atoms with Crippen LogP contribution < -0.4 is 10.2 Å². The highest BCUT2D eigenvalue weighted by Gasteiger charge is 2.36. The van der Waals surface area contributed by atoms with Crippen molar-refractivity contribution in [1.29, 1.82) is 0 Å². The molecular weight excluding hydrogens is 311 g/mol. The molecule has 6 heteroatoms. The van der Waals surface area contributed by atoms with Gasteiger partial charge in [-0.2, -0.15) is 0 Å². The van der Waals surface area contributed by atoms with Crippen molar-refractivity contribution in [3.05, 3.63) is 71.0 Å². The summed E-state index contributed by atoms with van der Waals surface area (Å²) in [6, 6.07) is 11.3. The number of imide groups is 2. The summed E-state index contributed by atoms with van der Waals surface area (Å²) >= 11 is 0. The first kappa shape index (κ1) is 15.6. The third kappa shape index (κ3) is 2.94. The maximum absolute atomic E-state index is 13.0. The minimum absolute atomic E-state index is 0.192. The van der Waals surface area contributed by atoms with Crippen LogP contribution in [-0.2, 0) is 9.59 Å². The Kier molecular flexibility index (Phi) is 3.95. The Balaban J connectivity index is 2.01. The molecule has 0 spiro atoms. The van der Waals surface area contributed by atoms with Gasteiger partial charge < -0.3 is 0 Å². The van der Waals surface area contributed by atoms with Gasteiger partial charge in [0.1, 0.15) is 11.4 Å². The Morgan fingerprint density at radius 1 is 1.04 bits per heavy atom. The van der Waals surface area contributed by atoms with Crippen LogP contribution in [0, 0.1) is 12.7 Å². The third-order valence-corrected chi connectivity index (χ3v) is 3.54. The number of hydrogen-bond acceptors (Lipinski definition) is 3. The maximum atomic E-state index is 13.0. The molecule has 24 heavy (non-hydrogen) atoms. The number of halogens is 1. The second-order valence-electron chi connectivity index (χ2n) is 5.35. The van der Waals surface area contributed by atoms with Gasteiger partial charge in [-0.05, 0) is 48.4 Å². The fourth-order valence-electron chi connectivity index (χ4n) is 2.38. The first-order valence-corrected chi connectivity index (χ1v) is 7.19. The summed E-state index contributed by atoms with van der Waals surface area (Å²) < 4.78 is 13.0. The van der Waals surface area contributed by atoms with Crippen LogP contribution in [0.2, 0.25) is 0 Å². The minimum Gasteiger partial charge on any atom is -0.273 e. The van der Waals surface area contributed by atoms with Gasteiger partial charge in [-0.25, -0.2) is 14.1 Å². The topological polar surface area (TPSA) is 66.5 Å². The summed E-state index contributed by atoms with van der Waals surface area (Å²) in [7, 11) is 0. The van der Waals surface area contributed by atoms with E-state index in [9.17, 15) is 18.8 Å². The summed E-state index contributed by atoms with van der Waals surface area (Å²) in [5, 5.41) is 2.14. The Labute approximate surface area is 137 Å². The summed E-state index contributed by atoms with van der Waals surface area (Å²) in [6.07, 6.45) is 1.33. The van der Waals surface area contributed by atoms with Gasteiger partial charge in [0.05, 0.1) is 5.69 Å². The average Bonchev–Trinajstić information content (AvgIpc) is 2.53. The van der Waals surface area contributed by atoms with Crippen LogP contribution in [0.25, 0.3) is 6.08 Å². The highest BCUT2D eigenvalue weighted by atomic mass is 19.1. The lowest BCUT2D eigenvalue weighted by Gasteiger charge is -2.26. The number of barbiturate groups is 1. The average molecular weight is 324 g/mol. The number of nitrogens with one attached hydrogen (secondary N) is 1. The largest absolute Gasteiger partial charge is 0.335 e. The van der Waals surface area contributed by atoms with Crippen molar-refractivity contribution in [3.8, 4) is 0 Å². The van der Waals surface area contributed by atoms with Crippen LogP contribution in [0.3, 0.4) is 0 Å². The number of nitrogens with zero attached hydrogens (tertiary/aromatic N) is 1. The summed E-state index contributed by atoms with van der Waals surface area (Å²) in [5.74, 6) is -1.93. The number of aryl methyl sites for hydroxylation is 1. The van der Waals surface area contributed by atoms with Crippen LogP contribution in [-0.4, -0.2) is 17.8 Å². The molecule has 0 saturated carbocycles. The molecule has 1 aliphatic heterocycles. The summed E-state index contributed by atoms with van der Waals surface area (Å²) in [4.78, 5) is 37.6. The standard InChI is InChI=1S/C18H13FN2O3/c1-11-3-2-4-14(9-11)21-17(23)15(16(22)20-18(21)24)10-12-5-7-13(19)8-6-12/h2-10H,1H3,(H,20,22,24).